The quantitative estimate of drug-likeness (QED) is 0.650. The molecule has 1 amide bonds. The van der Waals surface area contributed by atoms with Gasteiger partial charge in [0.1, 0.15) is 5.75 Å². The van der Waals surface area contributed by atoms with Gasteiger partial charge in [-0.15, -0.1) is 0 Å². The molecule has 1 saturated heterocycles. The Morgan fingerprint density at radius 3 is 2.46 bits per heavy atom. The number of anilines is 1. The lowest BCUT2D eigenvalue weighted by Crippen LogP contribution is -2.40. The predicted octanol–water partition coefficient (Wildman–Crippen LogP) is 2.54. The van der Waals surface area contributed by atoms with Crippen molar-refractivity contribution in [2.75, 3.05) is 24.9 Å². The average Bonchev–Trinajstić information content (AvgIpc) is 2.56. The summed E-state index contributed by atoms with van der Waals surface area (Å²) in [4.78, 5) is 25.2. The van der Waals surface area contributed by atoms with Gasteiger partial charge in [0.25, 0.3) is 0 Å². The zero-order valence-corrected chi connectivity index (χ0v) is 13.5. The molecule has 1 N–H and O–H groups in total. The Morgan fingerprint density at radius 2 is 1.92 bits per heavy atom. The monoisotopic (exact) mass is 337 g/mol. The summed E-state index contributed by atoms with van der Waals surface area (Å²) in [5, 5.41) is 19.2. The van der Waals surface area contributed by atoms with Crippen LogP contribution in [0.25, 0.3) is 0 Å². The molecule has 0 radical (unpaired) electrons. The minimum absolute atomic E-state index is 0.0505. The van der Waals surface area contributed by atoms with Gasteiger partial charge in [0.15, 0.2) is 0 Å². The highest BCUT2D eigenvalue weighted by atomic mass is 16.8. The summed E-state index contributed by atoms with van der Waals surface area (Å²) < 4.78 is 10.2. The number of hydrogen-bond donors (Lipinski definition) is 1. The van der Waals surface area contributed by atoms with Crippen molar-refractivity contribution >= 4 is 17.7 Å². The summed E-state index contributed by atoms with van der Waals surface area (Å²) in [5.41, 5.74) is 0.0505. The fraction of sp³-hybridized carbons (Fsp3) is 0.500. The first-order chi connectivity index (χ1) is 11.5. The van der Waals surface area contributed by atoms with Crippen LogP contribution in [0.4, 0.5) is 10.5 Å². The number of benzene rings is 1. The van der Waals surface area contributed by atoms with Crippen LogP contribution in [0.2, 0.25) is 0 Å². The summed E-state index contributed by atoms with van der Waals surface area (Å²) in [6.45, 7) is 3.19. The van der Waals surface area contributed by atoms with Gasteiger partial charge in [0.2, 0.25) is 0 Å². The molecule has 24 heavy (non-hydrogen) atoms. The summed E-state index contributed by atoms with van der Waals surface area (Å²) in [5.74, 6) is 0.314. The van der Waals surface area contributed by atoms with E-state index in [1.165, 1.54) is 24.3 Å². The molecule has 1 heterocycles. The largest absolute Gasteiger partial charge is 0.733 e. The van der Waals surface area contributed by atoms with E-state index in [0.29, 0.717) is 31.9 Å². The fourth-order valence-electron chi connectivity index (χ4n) is 2.58. The van der Waals surface area contributed by atoms with E-state index >= 15 is 0 Å². The van der Waals surface area contributed by atoms with E-state index in [2.05, 4.69) is 0 Å². The molecule has 1 aliphatic heterocycles. The van der Waals surface area contributed by atoms with Crippen LogP contribution < -0.4 is 9.96 Å². The van der Waals surface area contributed by atoms with Crippen LogP contribution in [0.1, 0.15) is 26.2 Å². The normalized spacial score (nSPS) is 15.0. The topological polar surface area (TPSA) is 102 Å². The number of hydrogen-bond acceptors (Lipinski definition) is 7. The molecule has 0 unspecified atom stereocenters. The molecule has 1 aromatic rings. The molecule has 2 rings (SSSR count). The average molecular weight is 337 g/mol. The van der Waals surface area contributed by atoms with Crippen molar-refractivity contribution in [2.24, 2.45) is 5.92 Å². The van der Waals surface area contributed by atoms with Gasteiger partial charge in [-0.05, 0) is 49.9 Å². The maximum atomic E-state index is 12.1. The summed E-state index contributed by atoms with van der Waals surface area (Å²) in [7, 11) is 0. The first kappa shape index (κ1) is 18.0. The van der Waals surface area contributed by atoms with E-state index < -0.39 is 6.09 Å². The number of piperidine rings is 1. The Hall–Kier alpha value is -2.32. The van der Waals surface area contributed by atoms with Crippen molar-refractivity contribution < 1.29 is 24.3 Å². The van der Waals surface area contributed by atoms with Gasteiger partial charge in [-0.2, -0.15) is 0 Å². The predicted molar refractivity (Wildman–Crippen MR) is 85.6 cm³/mol. The van der Waals surface area contributed by atoms with Crippen molar-refractivity contribution in [1.29, 1.82) is 0 Å². The SMILES string of the molecule is CCOC(=O)CC1CCN(C(=O)Oc2ccc(N([O-])O)cc2)CC1. The van der Waals surface area contributed by atoms with E-state index in [1.807, 2.05) is 0 Å². The number of rotatable bonds is 5. The highest BCUT2D eigenvalue weighted by Gasteiger charge is 2.25. The number of ether oxygens (including phenoxy) is 2. The number of carbonyl (C=O) groups is 2. The van der Waals surface area contributed by atoms with Gasteiger partial charge < -0.3 is 24.8 Å². The molecule has 8 nitrogen and oxygen atoms in total. The minimum atomic E-state index is -0.472. The van der Waals surface area contributed by atoms with Gasteiger partial charge >= 0.3 is 12.1 Å². The second-order valence-electron chi connectivity index (χ2n) is 5.57. The Kier molecular flexibility index (Phi) is 6.39. The van der Waals surface area contributed by atoms with Crippen LogP contribution in [0.5, 0.6) is 5.75 Å². The van der Waals surface area contributed by atoms with E-state index in [9.17, 15) is 14.8 Å². The Labute approximate surface area is 140 Å². The molecule has 0 aromatic heterocycles. The number of amides is 1. The first-order valence-electron chi connectivity index (χ1n) is 7.88. The molecule has 0 saturated carbocycles. The van der Waals surface area contributed by atoms with Crippen molar-refractivity contribution in [3.05, 3.63) is 29.5 Å². The number of nitrogens with zero attached hydrogens (tertiary/aromatic N) is 2. The molecule has 1 fully saturated rings. The molecule has 1 aromatic carbocycles. The lowest BCUT2D eigenvalue weighted by Gasteiger charge is -2.30. The Bertz CT molecular complexity index is 552. The lowest BCUT2D eigenvalue weighted by atomic mass is 9.94. The van der Waals surface area contributed by atoms with Crippen LogP contribution in [0.3, 0.4) is 0 Å². The molecule has 0 bridgehead atoms. The number of esters is 1. The molecular weight excluding hydrogens is 316 g/mol. The third-order valence-electron chi connectivity index (χ3n) is 3.90. The Balaban J connectivity index is 1.79. The third kappa shape index (κ3) is 5.10. The molecule has 0 aliphatic carbocycles. The molecule has 8 heteroatoms. The van der Waals surface area contributed by atoms with Crippen molar-refractivity contribution in [2.45, 2.75) is 26.2 Å². The smallest absolute Gasteiger partial charge is 0.415 e. The van der Waals surface area contributed by atoms with E-state index in [4.69, 9.17) is 14.7 Å². The third-order valence-corrected chi connectivity index (χ3v) is 3.90. The van der Waals surface area contributed by atoms with E-state index in [0.717, 1.165) is 12.8 Å². The van der Waals surface area contributed by atoms with Crippen molar-refractivity contribution in [1.82, 2.24) is 4.90 Å². The number of carbonyl (C=O) groups excluding carboxylic acids is 2. The molecular formula is C16H21N2O6-. The standard InChI is InChI=1S/C16H21N2O6/c1-2-23-15(19)11-12-7-9-17(10-8-12)16(20)24-14-5-3-13(4-6-14)18(21)22/h3-6,12,21H,2,7-11H2,1H3/q-1. The second kappa shape index (κ2) is 8.51. The van der Waals surface area contributed by atoms with Gasteiger partial charge in [-0.25, -0.2) is 4.79 Å². The summed E-state index contributed by atoms with van der Waals surface area (Å²) in [6.07, 6.45) is 1.36. The van der Waals surface area contributed by atoms with Crippen LogP contribution in [-0.2, 0) is 9.53 Å². The van der Waals surface area contributed by atoms with Gasteiger partial charge in [-0.3, -0.25) is 10.0 Å². The van der Waals surface area contributed by atoms with Gasteiger partial charge in [-0.1, -0.05) is 0 Å². The van der Waals surface area contributed by atoms with Crippen LogP contribution in [0.15, 0.2) is 24.3 Å². The first-order valence-corrected chi connectivity index (χ1v) is 7.88. The fourth-order valence-corrected chi connectivity index (χ4v) is 2.58. The molecule has 132 valence electrons. The maximum Gasteiger partial charge on any atom is 0.415 e. The minimum Gasteiger partial charge on any atom is -0.733 e. The zero-order valence-electron chi connectivity index (χ0n) is 13.5. The van der Waals surface area contributed by atoms with Crippen molar-refractivity contribution in [3.8, 4) is 5.75 Å². The van der Waals surface area contributed by atoms with Gasteiger partial charge in [0.05, 0.1) is 12.3 Å². The molecule has 1 aliphatic rings. The maximum absolute atomic E-state index is 12.1. The lowest BCUT2D eigenvalue weighted by molar-refractivity contribution is -0.144. The van der Waals surface area contributed by atoms with E-state index in [-0.39, 0.29) is 22.8 Å². The Morgan fingerprint density at radius 1 is 1.29 bits per heavy atom. The van der Waals surface area contributed by atoms with Gasteiger partial charge in [0, 0.05) is 19.5 Å². The highest BCUT2D eigenvalue weighted by Crippen LogP contribution is 2.23. The molecule has 0 atom stereocenters. The zero-order chi connectivity index (χ0) is 17.5. The summed E-state index contributed by atoms with van der Waals surface area (Å²) in [6, 6.07) is 5.56. The van der Waals surface area contributed by atoms with Crippen molar-refractivity contribution in [3.63, 3.8) is 0 Å². The van der Waals surface area contributed by atoms with Crippen LogP contribution in [-0.4, -0.2) is 41.9 Å². The summed E-state index contributed by atoms with van der Waals surface area (Å²) >= 11 is 0. The highest BCUT2D eigenvalue weighted by molar-refractivity contribution is 5.71. The van der Waals surface area contributed by atoms with Crippen LogP contribution >= 0.6 is 0 Å². The number of likely N-dealkylation sites (tertiary alicyclic amines) is 1. The molecule has 0 spiro atoms. The van der Waals surface area contributed by atoms with Crippen LogP contribution in [0, 0.1) is 11.1 Å². The second-order valence-corrected chi connectivity index (χ2v) is 5.57. The van der Waals surface area contributed by atoms with E-state index in [1.54, 1.807) is 11.8 Å².